The second kappa shape index (κ2) is 13.7. The van der Waals surface area contributed by atoms with E-state index in [0.717, 1.165) is 19.0 Å². The Kier molecular flexibility index (Phi) is 13.1. The van der Waals surface area contributed by atoms with Gasteiger partial charge in [0.05, 0.1) is 0 Å². The van der Waals surface area contributed by atoms with Crippen molar-refractivity contribution in [2.45, 2.75) is 51.9 Å². The smallest absolute Gasteiger partial charge is 0.190 e. The molecule has 0 bridgehead atoms. The van der Waals surface area contributed by atoms with Crippen molar-refractivity contribution in [2.24, 2.45) is 4.99 Å². The van der Waals surface area contributed by atoms with E-state index in [9.17, 15) is 0 Å². The molecule has 0 aromatic rings. The van der Waals surface area contributed by atoms with Gasteiger partial charge in [-0.15, -0.1) is 0 Å². The molecule has 4 nitrogen and oxygen atoms in total. The Bertz CT molecular complexity index is 214. The fourth-order valence-corrected chi connectivity index (χ4v) is 1.89. The molecular weight excluding hydrogens is 236 g/mol. The summed E-state index contributed by atoms with van der Waals surface area (Å²) in [6, 6.07) is 0. The Morgan fingerprint density at radius 3 is 2.05 bits per heavy atom. The standard InChI is InChI=1S/C15H34N4/c1-5-6-12-17-15(16-2)18-13-10-8-7-9-11-14-19(3)4/h5-14H2,1-4H3,(H2,16,17,18). The van der Waals surface area contributed by atoms with Crippen LogP contribution in [0.4, 0.5) is 0 Å². The van der Waals surface area contributed by atoms with Crippen LogP contribution in [0.1, 0.15) is 51.9 Å². The third-order valence-corrected chi connectivity index (χ3v) is 3.12. The average molecular weight is 270 g/mol. The monoisotopic (exact) mass is 270 g/mol. The van der Waals surface area contributed by atoms with E-state index in [4.69, 9.17) is 0 Å². The average Bonchev–Trinajstić information content (AvgIpc) is 2.39. The Morgan fingerprint density at radius 2 is 1.47 bits per heavy atom. The van der Waals surface area contributed by atoms with Gasteiger partial charge in [0.2, 0.25) is 0 Å². The number of aliphatic imine (C=N–C) groups is 1. The van der Waals surface area contributed by atoms with Crippen LogP contribution in [0.3, 0.4) is 0 Å². The summed E-state index contributed by atoms with van der Waals surface area (Å²) >= 11 is 0. The summed E-state index contributed by atoms with van der Waals surface area (Å²) in [5, 5.41) is 6.70. The number of guanidine groups is 1. The molecule has 0 rings (SSSR count). The molecule has 2 N–H and O–H groups in total. The van der Waals surface area contributed by atoms with Gasteiger partial charge in [-0.3, -0.25) is 4.99 Å². The highest BCUT2D eigenvalue weighted by atomic mass is 15.2. The van der Waals surface area contributed by atoms with Crippen molar-refractivity contribution in [3.05, 3.63) is 0 Å². The van der Waals surface area contributed by atoms with E-state index in [1.165, 1.54) is 51.5 Å². The normalized spacial score (nSPS) is 11.9. The summed E-state index contributed by atoms with van der Waals surface area (Å²) in [5.74, 6) is 0.945. The highest BCUT2D eigenvalue weighted by Gasteiger charge is 1.96. The second-order valence-electron chi connectivity index (χ2n) is 5.35. The molecule has 0 saturated carbocycles. The van der Waals surface area contributed by atoms with Crippen molar-refractivity contribution >= 4 is 5.96 Å². The van der Waals surface area contributed by atoms with Crippen molar-refractivity contribution < 1.29 is 0 Å². The summed E-state index contributed by atoms with van der Waals surface area (Å²) in [6.07, 6.45) is 8.98. The van der Waals surface area contributed by atoms with Gasteiger partial charge in [-0.25, -0.2) is 0 Å². The molecule has 0 aliphatic rings. The molecule has 0 aromatic carbocycles. The zero-order valence-corrected chi connectivity index (χ0v) is 13.5. The van der Waals surface area contributed by atoms with Gasteiger partial charge in [0.1, 0.15) is 0 Å². The fraction of sp³-hybridized carbons (Fsp3) is 0.933. The minimum atomic E-state index is 0.945. The van der Waals surface area contributed by atoms with Gasteiger partial charge in [0.25, 0.3) is 0 Å². The largest absolute Gasteiger partial charge is 0.356 e. The zero-order valence-electron chi connectivity index (χ0n) is 13.5. The number of hydrogen-bond donors (Lipinski definition) is 2. The van der Waals surface area contributed by atoms with Gasteiger partial charge in [-0.05, 0) is 39.9 Å². The maximum absolute atomic E-state index is 4.22. The van der Waals surface area contributed by atoms with E-state index in [-0.39, 0.29) is 0 Å². The van der Waals surface area contributed by atoms with E-state index in [2.05, 4.69) is 41.5 Å². The molecule has 0 aliphatic carbocycles. The molecule has 0 heterocycles. The highest BCUT2D eigenvalue weighted by molar-refractivity contribution is 5.79. The maximum atomic E-state index is 4.22. The molecule has 114 valence electrons. The van der Waals surface area contributed by atoms with Crippen molar-refractivity contribution in [3.8, 4) is 0 Å². The third kappa shape index (κ3) is 13.5. The van der Waals surface area contributed by atoms with Gasteiger partial charge < -0.3 is 15.5 Å². The minimum Gasteiger partial charge on any atom is -0.356 e. The van der Waals surface area contributed by atoms with Crippen LogP contribution < -0.4 is 10.6 Å². The van der Waals surface area contributed by atoms with Crippen LogP contribution in [-0.2, 0) is 0 Å². The van der Waals surface area contributed by atoms with Crippen LogP contribution >= 0.6 is 0 Å². The van der Waals surface area contributed by atoms with Crippen LogP contribution in [0, 0.1) is 0 Å². The summed E-state index contributed by atoms with van der Waals surface area (Å²) in [4.78, 5) is 6.47. The molecule has 0 amide bonds. The lowest BCUT2D eigenvalue weighted by Gasteiger charge is -2.11. The molecule has 0 aromatic heterocycles. The van der Waals surface area contributed by atoms with E-state index in [0.29, 0.717) is 0 Å². The topological polar surface area (TPSA) is 39.7 Å². The van der Waals surface area contributed by atoms with Crippen LogP contribution in [0.2, 0.25) is 0 Å². The fourth-order valence-electron chi connectivity index (χ4n) is 1.89. The second-order valence-corrected chi connectivity index (χ2v) is 5.35. The lowest BCUT2D eigenvalue weighted by atomic mass is 10.1. The van der Waals surface area contributed by atoms with Gasteiger partial charge >= 0.3 is 0 Å². The van der Waals surface area contributed by atoms with Crippen LogP contribution in [0.5, 0.6) is 0 Å². The zero-order chi connectivity index (χ0) is 14.3. The van der Waals surface area contributed by atoms with Crippen LogP contribution in [0.25, 0.3) is 0 Å². The number of nitrogens with one attached hydrogen (secondary N) is 2. The number of nitrogens with zero attached hydrogens (tertiary/aromatic N) is 2. The van der Waals surface area contributed by atoms with Gasteiger partial charge in [-0.2, -0.15) is 0 Å². The quantitative estimate of drug-likeness (QED) is 0.344. The summed E-state index contributed by atoms with van der Waals surface area (Å²) in [5.41, 5.74) is 0. The highest BCUT2D eigenvalue weighted by Crippen LogP contribution is 2.02. The third-order valence-electron chi connectivity index (χ3n) is 3.12. The SMILES string of the molecule is CCCCNC(=NC)NCCCCCCCN(C)C. The lowest BCUT2D eigenvalue weighted by molar-refractivity contribution is 0.389. The molecule has 0 radical (unpaired) electrons. The molecule has 4 heteroatoms. The first kappa shape index (κ1) is 18.2. The van der Waals surface area contributed by atoms with Crippen LogP contribution in [0.15, 0.2) is 4.99 Å². The molecule has 0 unspecified atom stereocenters. The van der Waals surface area contributed by atoms with E-state index in [1.54, 1.807) is 0 Å². The number of unbranched alkanes of at least 4 members (excludes halogenated alkanes) is 5. The molecule has 0 aliphatic heterocycles. The Balaban J connectivity index is 3.32. The first-order chi connectivity index (χ1) is 9.20. The van der Waals surface area contributed by atoms with Gasteiger partial charge in [0, 0.05) is 20.1 Å². The minimum absolute atomic E-state index is 0.945. The van der Waals surface area contributed by atoms with Crippen molar-refractivity contribution in [1.29, 1.82) is 0 Å². The molecule has 0 fully saturated rings. The van der Waals surface area contributed by atoms with Gasteiger partial charge in [-0.1, -0.05) is 32.6 Å². The van der Waals surface area contributed by atoms with Crippen molar-refractivity contribution in [1.82, 2.24) is 15.5 Å². The van der Waals surface area contributed by atoms with E-state index < -0.39 is 0 Å². The number of hydrogen-bond acceptors (Lipinski definition) is 2. The van der Waals surface area contributed by atoms with E-state index in [1.807, 2.05) is 7.05 Å². The van der Waals surface area contributed by atoms with Crippen LogP contribution in [-0.4, -0.2) is 51.6 Å². The predicted molar refractivity (Wildman–Crippen MR) is 85.9 cm³/mol. The Morgan fingerprint density at radius 1 is 0.895 bits per heavy atom. The molecular formula is C15H34N4. The summed E-state index contributed by atoms with van der Waals surface area (Å²) in [7, 11) is 6.12. The molecule has 0 spiro atoms. The Hall–Kier alpha value is -0.770. The number of rotatable bonds is 11. The van der Waals surface area contributed by atoms with Gasteiger partial charge in [0.15, 0.2) is 5.96 Å². The van der Waals surface area contributed by atoms with E-state index >= 15 is 0 Å². The van der Waals surface area contributed by atoms with Crippen molar-refractivity contribution in [3.63, 3.8) is 0 Å². The molecule has 0 saturated heterocycles. The summed E-state index contributed by atoms with van der Waals surface area (Å²) < 4.78 is 0. The molecule has 19 heavy (non-hydrogen) atoms. The summed E-state index contributed by atoms with van der Waals surface area (Å²) in [6.45, 7) is 5.46. The Labute approximate surface area is 120 Å². The predicted octanol–water partition coefficient (Wildman–Crippen LogP) is 2.46. The van der Waals surface area contributed by atoms with Crippen molar-refractivity contribution in [2.75, 3.05) is 40.8 Å². The first-order valence-electron chi connectivity index (χ1n) is 7.80. The lowest BCUT2D eigenvalue weighted by Crippen LogP contribution is -2.38. The maximum Gasteiger partial charge on any atom is 0.190 e. The molecule has 0 atom stereocenters. The first-order valence-corrected chi connectivity index (χ1v) is 7.80.